The highest BCUT2D eigenvalue weighted by Crippen LogP contribution is 2.36. The number of carbonyl (C=O) groups excluding carboxylic acids is 1. The molecule has 2 heterocycles. The zero-order valence-corrected chi connectivity index (χ0v) is 27.5. The third kappa shape index (κ3) is 8.68. The Morgan fingerprint density at radius 2 is 1.78 bits per heavy atom. The number of aliphatic hydroxyl groups is 1. The Morgan fingerprint density at radius 3 is 2.41 bits per heavy atom. The first-order valence-corrected chi connectivity index (χ1v) is 16.7. The lowest BCUT2D eigenvalue weighted by Gasteiger charge is -2.40. The van der Waals surface area contributed by atoms with Gasteiger partial charge in [-0.05, 0) is 54.5 Å². The molecule has 0 aliphatic carbocycles. The van der Waals surface area contributed by atoms with Crippen molar-refractivity contribution in [2.45, 2.75) is 62.5 Å². The van der Waals surface area contributed by atoms with Gasteiger partial charge in [0.05, 0.1) is 50.5 Å². The predicted octanol–water partition coefficient (Wildman–Crippen LogP) is 3.17. The standard InChI is InChI=1S/C32H45N3O10S/c1-32(2,15-16-33-30(37)43-4)21-34(46(40,41)24-12-10-23(42-3)11-13-24)19-28(36)26(18-22-8-6-5-7-9-22)35(31(38)39)27-20-45-29-25(27)14-17-44-29/h5-13,25-29,36H,14-21H2,1-4H3,(H,33,37)(H,38,39)/t25-,26-,27-,28+,29+/m0/s1. The first-order chi connectivity index (χ1) is 21.9. The average Bonchev–Trinajstić information content (AvgIpc) is 3.65. The highest BCUT2D eigenvalue weighted by Gasteiger charge is 2.49. The Hall–Kier alpha value is -3.43. The van der Waals surface area contributed by atoms with Crippen molar-refractivity contribution in [1.29, 1.82) is 0 Å². The van der Waals surface area contributed by atoms with Gasteiger partial charge < -0.3 is 34.5 Å². The van der Waals surface area contributed by atoms with Gasteiger partial charge in [-0.25, -0.2) is 18.0 Å². The number of sulfonamides is 1. The van der Waals surface area contributed by atoms with Gasteiger partial charge >= 0.3 is 12.2 Å². The fourth-order valence-corrected chi connectivity index (χ4v) is 7.79. The summed E-state index contributed by atoms with van der Waals surface area (Å²) < 4.78 is 50.8. The number of carboxylic acid groups (broad SMARTS) is 1. The van der Waals surface area contributed by atoms with Crippen molar-refractivity contribution in [3.63, 3.8) is 0 Å². The first-order valence-electron chi connectivity index (χ1n) is 15.3. The molecule has 0 saturated carbocycles. The Morgan fingerprint density at radius 1 is 1.09 bits per heavy atom. The summed E-state index contributed by atoms with van der Waals surface area (Å²) in [5.41, 5.74) is 0.116. The maximum atomic E-state index is 14.2. The van der Waals surface area contributed by atoms with Crippen molar-refractivity contribution < 1.29 is 47.2 Å². The van der Waals surface area contributed by atoms with Gasteiger partial charge in [-0.1, -0.05) is 44.2 Å². The Balaban J connectivity index is 1.68. The van der Waals surface area contributed by atoms with E-state index in [-0.39, 0.29) is 43.5 Å². The van der Waals surface area contributed by atoms with Crippen LogP contribution in [0.25, 0.3) is 0 Å². The monoisotopic (exact) mass is 663 g/mol. The van der Waals surface area contributed by atoms with E-state index < -0.39 is 52.1 Å². The summed E-state index contributed by atoms with van der Waals surface area (Å²) >= 11 is 0. The molecule has 3 N–H and O–H groups in total. The molecule has 0 bridgehead atoms. The van der Waals surface area contributed by atoms with Crippen LogP contribution in [0.15, 0.2) is 59.5 Å². The summed E-state index contributed by atoms with van der Waals surface area (Å²) in [6, 6.07) is 13.5. The number of hydrogen-bond donors (Lipinski definition) is 3. The van der Waals surface area contributed by atoms with Crippen LogP contribution in [0.2, 0.25) is 0 Å². The molecule has 14 heteroatoms. The zero-order chi connectivity index (χ0) is 33.5. The fourth-order valence-electron chi connectivity index (χ4n) is 6.14. The molecule has 254 valence electrons. The van der Waals surface area contributed by atoms with Crippen LogP contribution in [-0.4, -0.2) is 112 Å². The maximum Gasteiger partial charge on any atom is 0.407 e. The number of benzene rings is 2. The van der Waals surface area contributed by atoms with E-state index in [1.807, 2.05) is 44.2 Å². The number of nitrogens with zero attached hydrogens (tertiary/aromatic N) is 2. The molecule has 2 saturated heterocycles. The van der Waals surface area contributed by atoms with Crippen LogP contribution < -0.4 is 10.1 Å². The molecular formula is C32H45N3O10S. The van der Waals surface area contributed by atoms with Gasteiger partial charge in [0.2, 0.25) is 10.0 Å². The molecule has 0 aromatic heterocycles. The average molecular weight is 664 g/mol. The summed E-state index contributed by atoms with van der Waals surface area (Å²) in [6.07, 6.45) is -2.63. The smallest absolute Gasteiger partial charge is 0.407 e. The van der Waals surface area contributed by atoms with Crippen LogP contribution in [0.4, 0.5) is 9.59 Å². The minimum Gasteiger partial charge on any atom is -0.497 e. The number of hydrogen-bond acceptors (Lipinski definition) is 9. The molecule has 5 atom stereocenters. The SMILES string of the molecule is COC(=O)NCCC(C)(C)CN(C[C@@H](O)[C@H](Cc1ccccc1)N(C(=O)O)[C@H]1CO[C@H]2OCC[C@H]21)S(=O)(=O)c1ccc(OC)cc1. The molecule has 2 amide bonds. The normalized spacial score (nSPS) is 21.0. The summed E-state index contributed by atoms with van der Waals surface area (Å²) in [7, 11) is -1.45. The van der Waals surface area contributed by atoms with Crippen LogP contribution in [0, 0.1) is 11.3 Å². The third-order valence-corrected chi connectivity index (χ3v) is 10.5. The minimum atomic E-state index is -4.19. The number of rotatable bonds is 15. The van der Waals surface area contributed by atoms with Crippen molar-refractivity contribution in [1.82, 2.24) is 14.5 Å². The molecule has 13 nitrogen and oxygen atoms in total. The second-order valence-corrected chi connectivity index (χ2v) is 14.4. The molecule has 0 radical (unpaired) electrons. The second kappa shape index (κ2) is 15.4. The van der Waals surface area contributed by atoms with Crippen molar-refractivity contribution >= 4 is 22.2 Å². The van der Waals surface area contributed by atoms with E-state index in [9.17, 15) is 28.2 Å². The summed E-state index contributed by atoms with van der Waals surface area (Å²) in [6.45, 7) is 4.08. The Kier molecular flexibility index (Phi) is 11.9. The van der Waals surface area contributed by atoms with E-state index in [0.717, 1.165) is 5.56 Å². The molecule has 2 aromatic carbocycles. The lowest BCUT2D eigenvalue weighted by Crippen LogP contribution is -2.58. The molecule has 0 spiro atoms. The number of amides is 2. The van der Waals surface area contributed by atoms with Crippen LogP contribution in [0.1, 0.15) is 32.3 Å². The van der Waals surface area contributed by atoms with Crippen molar-refractivity contribution in [3.05, 3.63) is 60.2 Å². The van der Waals surface area contributed by atoms with Crippen LogP contribution in [0.5, 0.6) is 5.75 Å². The van der Waals surface area contributed by atoms with Crippen LogP contribution in [0.3, 0.4) is 0 Å². The van der Waals surface area contributed by atoms with E-state index in [1.165, 1.54) is 47.7 Å². The fraction of sp³-hybridized carbons (Fsp3) is 0.562. The first kappa shape index (κ1) is 35.4. The molecule has 2 aliphatic rings. The van der Waals surface area contributed by atoms with Gasteiger partial charge in [0.1, 0.15) is 5.75 Å². The third-order valence-electron chi connectivity index (χ3n) is 8.62. The number of methoxy groups -OCH3 is 2. The van der Waals surface area contributed by atoms with Gasteiger partial charge in [-0.2, -0.15) is 4.31 Å². The largest absolute Gasteiger partial charge is 0.497 e. The number of fused-ring (bicyclic) bond motifs is 1. The Labute approximate surface area is 270 Å². The van der Waals surface area contributed by atoms with Gasteiger partial charge in [0, 0.05) is 25.6 Å². The summed E-state index contributed by atoms with van der Waals surface area (Å²) in [5, 5.41) is 25.1. The van der Waals surface area contributed by atoms with Crippen LogP contribution in [-0.2, 0) is 30.7 Å². The van der Waals surface area contributed by atoms with Crippen LogP contribution >= 0.6 is 0 Å². The Bertz CT molecular complexity index is 1410. The lowest BCUT2D eigenvalue weighted by molar-refractivity contribution is -0.0906. The summed E-state index contributed by atoms with van der Waals surface area (Å²) in [5.74, 6) is 0.273. The number of ether oxygens (including phenoxy) is 4. The molecule has 0 unspecified atom stereocenters. The maximum absolute atomic E-state index is 14.2. The van der Waals surface area contributed by atoms with E-state index in [0.29, 0.717) is 25.2 Å². The van der Waals surface area contributed by atoms with Gasteiger partial charge in [0.15, 0.2) is 6.29 Å². The quantitative estimate of drug-likeness (QED) is 0.258. The number of alkyl carbamates (subject to hydrolysis) is 1. The number of aliphatic hydroxyl groups excluding tert-OH is 1. The molecule has 4 rings (SSSR count). The van der Waals surface area contributed by atoms with E-state index in [2.05, 4.69) is 10.1 Å². The lowest BCUT2D eigenvalue weighted by atomic mass is 9.89. The van der Waals surface area contributed by atoms with E-state index in [4.69, 9.17) is 14.2 Å². The van der Waals surface area contributed by atoms with Gasteiger partial charge in [-0.15, -0.1) is 0 Å². The van der Waals surface area contributed by atoms with E-state index >= 15 is 0 Å². The topological polar surface area (TPSA) is 164 Å². The molecule has 2 aliphatic heterocycles. The number of nitrogens with one attached hydrogen (secondary N) is 1. The molecule has 46 heavy (non-hydrogen) atoms. The summed E-state index contributed by atoms with van der Waals surface area (Å²) in [4.78, 5) is 25.8. The highest BCUT2D eigenvalue weighted by atomic mass is 32.2. The number of carbonyl (C=O) groups is 2. The van der Waals surface area contributed by atoms with E-state index in [1.54, 1.807) is 0 Å². The van der Waals surface area contributed by atoms with Crippen molar-refractivity contribution in [3.8, 4) is 5.75 Å². The van der Waals surface area contributed by atoms with Gasteiger partial charge in [-0.3, -0.25) is 4.90 Å². The van der Waals surface area contributed by atoms with Crippen molar-refractivity contribution in [2.24, 2.45) is 11.3 Å². The predicted molar refractivity (Wildman–Crippen MR) is 168 cm³/mol. The van der Waals surface area contributed by atoms with Gasteiger partial charge in [0.25, 0.3) is 0 Å². The zero-order valence-electron chi connectivity index (χ0n) is 26.7. The molecule has 2 fully saturated rings. The van der Waals surface area contributed by atoms with Crippen molar-refractivity contribution in [2.75, 3.05) is 47.1 Å². The minimum absolute atomic E-state index is 0.00572. The molecular weight excluding hydrogens is 618 g/mol. The molecule has 2 aromatic rings. The highest BCUT2D eigenvalue weighted by molar-refractivity contribution is 7.89. The second-order valence-electron chi connectivity index (χ2n) is 12.4.